The summed E-state index contributed by atoms with van der Waals surface area (Å²) in [5.41, 5.74) is -0.119. The largest absolute Gasteiger partial charge is 0.573 e. The van der Waals surface area contributed by atoms with Crippen molar-refractivity contribution in [1.29, 1.82) is 0 Å². The highest BCUT2D eigenvalue weighted by atomic mass is 32.2. The van der Waals surface area contributed by atoms with Gasteiger partial charge >= 0.3 is 6.36 Å². The van der Waals surface area contributed by atoms with Gasteiger partial charge in [-0.2, -0.15) is 0 Å². The molecule has 0 aromatic heterocycles. The second-order valence-electron chi connectivity index (χ2n) is 5.85. The van der Waals surface area contributed by atoms with Gasteiger partial charge in [-0.15, -0.1) is 13.2 Å². The van der Waals surface area contributed by atoms with Gasteiger partial charge in [-0.05, 0) is 37.6 Å². The van der Waals surface area contributed by atoms with Crippen LogP contribution in [0.2, 0.25) is 0 Å². The Morgan fingerprint density at radius 1 is 1.11 bits per heavy atom. The molecule has 0 saturated heterocycles. The van der Waals surface area contributed by atoms with E-state index in [1.54, 1.807) is 6.92 Å². The van der Waals surface area contributed by atoms with Crippen LogP contribution in [0.4, 0.5) is 18.9 Å². The number of anilines is 1. The number of nitrogens with two attached hydrogens (primary N) is 1. The summed E-state index contributed by atoms with van der Waals surface area (Å²) < 4.78 is 66.0. The lowest BCUT2D eigenvalue weighted by Gasteiger charge is -2.31. The summed E-state index contributed by atoms with van der Waals surface area (Å²) in [7, 11) is -4.42. The third-order valence-corrected chi connectivity index (χ3v) is 5.95. The van der Waals surface area contributed by atoms with Crippen molar-refractivity contribution in [3.63, 3.8) is 0 Å². The number of benzene rings is 2. The van der Waals surface area contributed by atoms with Crippen molar-refractivity contribution in [2.75, 3.05) is 5.32 Å². The Balaban J connectivity index is 2.47. The second-order valence-corrected chi connectivity index (χ2v) is 8.96. The Labute approximate surface area is 160 Å². The Hall–Kier alpha value is -1.91. The lowest BCUT2D eigenvalue weighted by molar-refractivity contribution is -0.275. The van der Waals surface area contributed by atoms with Crippen LogP contribution in [-0.2, 0) is 10.0 Å². The number of sulfonamides is 1. The Morgan fingerprint density at radius 3 is 2.26 bits per heavy atom. The molecule has 2 aromatic carbocycles. The van der Waals surface area contributed by atoms with Crippen molar-refractivity contribution in [2.45, 2.75) is 41.3 Å². The molecule has 5 nitrogen and oxygen atoms in total. The van der Waals surface area contributed by atoms with Crippen molar-refractivity contribution < 1.29 is 26.3 Å². The van der Waals surface area contributed by atoms with Crippen LogP contribution >= 0.6 is 11.8 Å². The van der Waals surface area contributed by atoms with Gasteiger partial charge in [-0.3, -0.25) is 0 Å². The molecule has 3 N–H and O–H groups in total. The van der Waals surface area contributed by atoms with Gasteiger partial charge in [0.1, 0.15) is 4.90 Å². The topological polar surface area (TPSA) is 81.4 Å². The van der Waals surface area contributed by atoms with Gasteiger partial charge < -0.3 is 10.1 Å². The minimum Gasteiger partial charge on any atom is -0.402 e. The standard InChI is InChI=1S/C17H19F3N2O3S2/c1-3-16(2,26-12-8-5-4-6-9-12)22-13-10-7-11-14(27(21,23)24)15(13)25-17(18,19)20/h4-11,22H,3H2,1-2H3,(H2,21,23,24). The van der Waals surface area contributed by atoms with E-state index in [9.17, 15) is 21.6 Å². The van der Waals surface area contributed by atoms with E-state index in [0.29, 0.717) is 6.42 Å². The minimum absolute atomic E-state index is 0.119. The quantitative estimate of drug-likeness (QED) is 0.507. The molecule has 0 fully saturated rings. The van der Waals surface area contributed by atoms with Crippen molar-refractivity contribution >= 4 is 27.5 Å². The predicted octanol–water partition coefficient (Wildman–Crippen LogP) is 4.56. The minimum atomic E-state index is -5.08. The van der Waals surface area contributed by atoms with E-state index in [1.807, 2.05) is 37.3 Å². The maximum Gasteiger partial charge on any atom is 0.573 e. The molecule has 2 aromatic rings. The van der Waals surface area contributed by atoms with E-state index < -0.39 is 31.9 Å². The average molecular weight is 420 g/mol. The summed E-state index contributed by atoms with van der Waals surface area (Å²) >= 11 is 1.40. The molecule has 0 amide bonds. The van der Waals surface area contributed by atoms with Gasteiger partial charge in [0.05, 0.1) is 10.6 Å². The molecule has 0 radical (unpaired) electrons. The van der Waals surface area contributed by atoms with Gasteiger partial charge in [0.25, 0.3) is 0 Å². The number of hydrogen-bond donors (Lipinski definition) is 2. The summed E-state index contributed by atoms with van der Waals surface area (Å²) in [6.45, 7) is 3.66. The molecule has 148 valence electrons. The van der Waals surface area contributed by atoms with Gasteiger partial charge in [-0.1, -0.05) is 43.0 Å². The average Bonchev–Trinajstić information content (AvgIpc) is 2.55. The molecule has 1 unspecified atom stereocenters. The first-order valence-corrected chi connectivity index (χ1v) is 10.2. The molecule has 1 atom stereocenters. The zero-order chi connectivity index (χ0) is 20.3. The van der Waals surface area contributed by atoms with Crippen LogP contribution < -0.4 is 15.2 Å². The number of alkyl halides is 3. The SMILES string of the molecule is CCC(C)(Nc1cccc(S(N)(=O)=O)c1OC(F)(F)F)Sc1ccccc1. The summed E-state index contributed by atoms with van der Waals surface area (Å²) in [5, 5.41) is 8.03. The molecule has 27 heavy (non-hydrogen) atoms. The molecule has 0 heterocycles. The van der Waals surface area contributed by atoms with E-state index in [1.165, 1.54) is 23.9 Å². The van der Waals surface area contributed by atoms with E-state index in [0.717, 1.165) is 11.0 Å². The zero-order valence-corrected chi connectivity index (χ0v) is 16.2. The van der Waals surface area contributed by atoms with Crippen LogP contribution in [0, 0.1) is 0 Å². The maximum atomic E-state index is 12.9. The number of thioether (sulfide) groups is 1. The number of primary sulfonamides is 1. The highest BCUT2D eigenvalue weighted by Gasteiger charge is 2.36. The predicted molar refractivity (Wildman–Crippen MR) is 99.1 cm³/mol. The number of ether oxygens (including phenoxy) is 1. The first kappa shape index (κ1) is 21.4. The fourth-order valence-corrected chi connectivity index (χ4v) is 4.08. The molecule has 0 bridgehead atoms. The molecule has 10 heteroatoms. The highest BCUT2D eigenvalue weighted by molar-refractivity contribution is 8.00. The highest BCUT2D eigenvalue weighted by Crippen LogP contribution is 2.41. The fourth-order valence-electron chi connectivity index (χ4n) is 2.28. The van der Waals surface area contributed by atoms with Crippen molar-refractivity contribution in [2.24, 2.45) is 5.14 Å². The molecular weight excluding hydrogens is 401 g/mol. The van der Waals surface area contributed by atoms with E-state index in [2.05, 4.69) is 10.1 Å². The van der Waals surface area contributed by atoms with E-state index >= 15 is 0 Å². The number of halogens is 3. The van der Waals surface area contributed by atoms with Crippen LogP contribution in [0.1, 0.15) is 20.3 Å². The van der Waals surface area contributed by atoms with Crippen LogP contribution in [0.3, 0.4) is 0 Å². The molecule has 0 saturated carbocycles. The van der Waals surface area contributed by atoms with E-state index in [-0.39, 0.29) is 5.69 Å². The lowest BCUT2D eigenvalue weighted by Crippen LogP contribution is -2.31. The Bertz CT molecular complexity index is 890. The summed E-state index contributed by atoms with van der Waals surface area (Å²) in [4.78, 5) is -0.578. The third-order valence-electron chi connectivity index (χ3n) is 3.66. The molecule has 0 aliphatic heterocycles. The Kier molecular flexibility index (Phi) is 6.33. The number of rotatable bonds is 7. The summed E-state index contributed by atoms with van der Waals surface area (Å²) in [6, 6.07) is 12.9. The van der Waals surface area contributed by atoms with Gasteiger partial charge in [-0.25, -0.2) is 13.6 Å². The monoisotopic (exact) mass is 420 g/mol. The van der Waals surface area contributed by atoms with Crippen molar-refractivity contribution in [3.05, 3.63) is 48.5 Å². The van der Waals surface area contributed by atoms with Gasteiger partial charge in [0.15, 0.2) is 5.75 Å². The van der Waals surface area contributed by atoms with Crippen LogP contribution in [0.25, 0.3) is 0 Å². The van der Waals surface area contributed by atoms with Crippen molar-refractivity contribution in [3.8, 4) is 5.75 Å². The normalized spacial score (nSPS) is 14.4. The Morgan fingerprint density at radius 2 is 1.74 bits per heavy atom. The van der Waals surface area contributed by atoms with Gasteiger partial charge in [0.2, 0.25) is 10.0 Å². The zero-order valence-electron chi connectivity index (χ0n) is 14.6. The molecule has 0 aliphatic rings. The second kappa shape index (κ2) is 7.99. The van der Waals surface area contributed by atoms with Gasteiger partial charge in [0, 0.05) is 4.90 Å². The first-order chi connectivity index (χ1) is 12.4. The number of hydrogen-bond acceptors (Lipinski definition) is 5. The summed E-state index contributed by atoms with van der Waals surface area (Å²) in [5.74, 6) is -0.874. The third kappa shape index (κ3) is 6.05. The molecule has 0 aliphatic carbocycles. The van der Waals surface area contributed by atoms with Crippen molar-refractivity contribution in [1.82, 2.24) is 0 Å². The smallest absolute Gasteiger partial charge is 0.402 e. The number of para-hydroxylation sites is 1. The van der Waals surface area contributed by atoms with E-state index in [4.69, 9.17) is 5.14 Å². The maximum absolute atomic E-state index is 12.9. The lowest BCUT2D eigenvalue weighted by atomic mass is 10.2. The molecule has 0 spiro atoms. The van der Waals surface area contributed by atoms with Crippen LogP contribution in [-0.4, -0.2) is 19.7 Å². The number of nitrogens with one attached hydrogen (secondary N) is 1. The van der Waals surface area contributed by atoms with Crippen LogP contribution in [0.5, 0.6) is 5.75 Å². The van der Waals surface area contributed by atoms with Crippen LogP contribution in [0.15, 0.2) is 58.3 Å². The molecular formula is C17H19F3N2O3S2. The first-order valence-electron chi connectivity index (χ1n) is 7.87. The fraction of sp³-hybridized carbons (Fsp3) is 0.294. The molecule has 2 rings (SSSR count). The summed E-state index contributed by atoms with van der Waals surface area (Å²) in [6.07, 6.45) is -4.55.